The summed E-state index contributed by atoms with van der Waals surface area (Å²) in [5.74, 6) is 0.846. The number of halogens is 1. The average molecular weight is 290 g/mol. The van der Waals surface area contributed by atoms with Gasteiger partial charge in [-0.05, 0) is 48.2 Å². The van der Waals surface area contributed by atoms with Crippen LogP contribution in [0.4, 0.5) is 5.69 Å². The molecule has 1 unspecified atom stereocenters. The van der Waals surface area contributed by atoms with Crippen LogP contribution in [0.15, 0.2) is 42.5 Å². The Bertz CT molecular complexity index is 566. The molecule has 0 amide bonds. The number of phenols is 1. The highest BCUT2D eigenvalue weighted by molar-refractivity contribution is 6.30. The lowest BCUT2D eigenvalue weighted by Crippen LogP contribution is -2.00. The van der Waals surface area contributed by atoms with Gasteiger partial charge in [-0.1, -0.05) is 37.6 Å². The van der Waals surface area contributed by atoms with Gasteiger partial charge in [-0.25, -0.2) is 0 Å². The van der Waals surface area contributed by atoms with Gasteiger partial charge in [0.1, 0.15) is 5.75 Å². The second kappa shape index (κ2) is 6.67. The van der Waals surface area contributed by atoms with Crippen molar-refractivity contribution in [1.29, 1.82) is 0 Å². The minimum atomic E-state index is 0.262. The van der Waals surface area contributed by atoms with Crippen LogP contribution in [-0.2, 0) is 6.54 Å². The fourth-order valence-corrected chi connectivity index (χ4v) is 2.25. The Hall–Kier alpha value is -1.67. The van der Waals surface area contributed by atoms with E-state index in [1.807, 2.05) is 0 Å². The maximum atomic E-state index is 9.76. The molecule has 1 atom stereocenters. The number of rotatable bonds is 5. The summed E-state index contributed by atoms with van der Waals surface area (Å²) in [7, 11) is 0. The van der Waals surface area contributed by atoms with E-state index in [0.717, 1.165) is 17.7 Å². The standard InChI is InChI=1S/C17H20ClNO/c1-3-12(2)13-4-7-16(8-5-13)19-11-14-10-15(18)6-9-17(14)20/h4-10,12,19-20H,3,11H2,1-2H3. The van der Waals surface area contributed by atoms with Crippen LogP contribution in [0.25, 0.3) is 0 Å². The first-order chi connectivity index (χ1) is 9.60. The summed E-state index contributed by atoms with van der Waals surface area (Å²) < 4.78 is 0. The lowest BCUT2D eigenvalue weighted by Gasteiger charge is -2.12. The molecule has 0 aromatic heterocycles. The maximum Gasteiger partial charge on any atom is 0.120 e. The van der Waals surface area contributed by atoms with Gasteiger partial charge in [0, 0.05) is 22.8 Å². The molecule has 0 fully saturated rings. The number of hydrogen-bond donors (Lipinski definition) is 2. The average Bonchev–Trinajstić information content (AvgIpc) is 2.48. The van der Waals surface area contributed by atoms with Gasteiger partial charge in [-0.15, -0.1) is 0 Å². The van der Waals surface area contributed by atoms with Crippen molar-refractivity contribution in [1.82, 2.24) is 0 Å². The van der Waals surface area contributed by atoms with E-state index in [2.05, 4.69) is 43.4 Å². The molecule has 0 aliphatic carbocycles. The second-order valence-corrected chi connectivity index (χ2v) is 5.49. The molecule has 0 aliphatic heterocycles. The lowest BCUT2D eigenvalue weighted by atomic mass is 9.98. The number of nitrogens with one attached hydrogen (secondary N) is 1. The molecule has 0 saturated heterocycles. The normalized spacial score (nSPS) is 12.2. The Labute approximate surface area is 125 Å². The van der Waals surface area contributed by atoms with Gasteiger partial charge in [0.15, 0.2) is 0 Å². The zero-order chi connectivity index (χ0) is 14.5. The third-order valence-electron chi connectivity index (χ3n) is 3.62. The van der Waals surface area contributed by atoms with Gasteiger partial charge in [-0.2, -0.15) is 0 Å². The van der Waals surface area contributed by atoms with Crippen LogP contribution in [0.2, 0.25) is 5.02 Å². The van der Waals surface area contributed by atoms with Crippen LogP contribution >= 0.6 is 11.6 Å². The van der Waals surface area contributed by atoms with Gasteiger partial charge >= 0.3 is 0 Å². The van der Waals surface area contributed by atoms with Crippen molar-refractivity contribution in [2.24, 2.45) is 0 Å². The third kappa shape index (κ3) is 3.67. The van der Waals surface area contributed by atoms with E-state index in [0.29, 0.717) is 17.5 Å². The summed E-state index contributed by atoms with van der Waals surface area (Å²) in [6.07, 6.45) is 1.14. The maximum absolute atomic E-state index is 9.76. The van der Waals surface area contributed by atoms with Gasteiger partial charge in [0.2, 0.25) is 0 Å². The minimum absolute atomic E-state index is 0.262. The molecule has 3 heteroatoms. The van der Waals surface area contributed by atoms with E-state index in [4.69, 9.17) is 11.6 Å². The summed E-state index contributed by atoms with van der Waals surface area (Å²) in [6, 6.07) is 13.5. The fourth-order valence-electron chi connectivity index (χ4n) is 2.06. The molecule has 2 N–H and O–H groups in total. The van der Waals surface area contributed by atoms with Crippen molar-refractivity contribution in [2.45, 2.75) is 32.7 Å². The fraction of sp³-hybridized carbons (Fsp3) is 0.294. The summed E-state index contributed by atoms with van der Waals surface area (Å²) >= 11 is 5.93. The van der Waals surface area contributed by atoms with Crippen molar-refractivity contribution in [3.63, 3.8) is 0 Å². The van der Waals surface area contributed by atoms with Crippen LogP contribution < -0.4 is 5.32 Å². The Kier molecular flexibility index (Phi) is 4.91. The molecule has 0 heterocycles. The van der Waals surface area contributed by atoms with E-state index >= 15 is 0 Å². The molecule has 0 saturated carbocycles. The summed E-state index contributed by atoms with van der Waals surface area (Å²) in [5.41, 5.74) is 3.18. The van der Waals surface area contributed by atoms with Crippen molar-refractivity contribution < 1.29 is 5.11 Å². The second-order valence-electron chi connectivity index (χ2n) is 5.06. The highest BCUT2D eigenvalue weighted by Gasteiger charge is 2.04. The molecule has 20 heavy (non-hydrogen) atoms. The number of anilines is 1. The molecule has 0 spiro atoms. The topological polar surface area (TPSA) is 32.3 Å². The molecule has 106 valence electrons. The van der Waals surface area contributed by atoms with Crippen molar-refractivity contribution in [3.05, 3.63) is 58.6 Å². The van der Waals surface area contributed by atoms with Gasteiger partial charge < -0.3 is 10.4 Å². The first kappa shape index (κ1) is 14.7. The molecular formula is C17H20ClNO. The largest absolute Gasteiger partial charge is 0.508 e. The highest BCUT2D eigenvalue weighted by Crippen LogP contribution is 2.24. The number of hydrogen-bond acceptors (Lipinski definition) is 2. The lowest BCUT2D eigenvalue weighted by molar-refractivity contribution is 0.469. The summed E-state index contributed by atoms with van der Waals surface area (Å²) in [6.45, 7) is 4.97. The van der Waals surface area contributed by atoms with E-state index in [1.165, 1.54) is 5.56 Å². The minimum Gasteiger partial charge on any atom is -0.508 e. The molecule has 2 aromatic carbocycles. The van der Waals surface area contributed by atoms with Crippen molar-refractivity contribution in [3.8, 4) is 5.75 Å². The van der Waals surface area contributed by atoms with Gasteiger partial charge in [0.25, 0.3) is 0 Å². The zero-order valence-electron chi connectivity index (χ0n) is 11.9. The predicted octanol–water partition coefficient (Wildman–Crippen LogP) is 5.17. The molecule has 0 radical (unpaired) electrons. The predicted molar refractivity (Wildman–Crippen MR) is 85.6 cm³/mol. The molecular weight excluding hydrogens is 270 g/mol. The third-order valence-corrected chi connectivity index (χ3v) is 3.85. The van der Waals surface area contributed by atoms with E-state index in [9.17, 15) is 5.11 Å². The molecule has 2 aromatic rings. The molecule has 2 nitrogen and oxygen atoms in total. The Morgan fingerprint density at radius 1 is 1.15 bits per heavy atom. The van der Waals surface area contributed by atoms with Crippen molar-refractivity contribution in [2.75, 3.05) is 5.32 Å². The van der Waals surface area contributed by atoms with Crippen LogP contribution in [0.3, 0.4) is 0 Å². The smallest absolute Gasteiger partial charge is 0.120 e. The molecule has 2 rings (SSSR count). The Balaban J connectivity index is 2.02. The first-order valence-corrected chi connectivity index (χ1v) is 7.29. The monoisotopic (exact) mass is 289 g/mol. The SMILES string of the molecule is CCC(C)c1ccc(NCc2cc(Cl)ccc2O)cc1. The van der Waals surface area contributed by atoms with Crippen molar-refractivity contribution >= 4 is 17.3 Å². The number of benzene rings is 2. The number of phenolic OH excluding ortho intramolecular Hbond substituents is 1. The zero-order valence-corrected chi connectivity index (χ0v) is 12.6. The summed E-state index contributed by atoms with van der Waals surface area (Å²) in [5, 5.41) is 13.7. The number of aromatic hydroxyl groups is 1. The quantitative estimate of drug-likeness (QED) is 0.796. The van der Waals surface area contributed by atoms with E-state index < -0.39 is 0 Å². The van der Waals surface area contributed by atoms with Gasteiger partial charge in [0.05, 0.1) is 0 Å². The van der Waals surface area contributed by atoms with Gasteiger partial charge in [-0.3, -0.25) is 0 Å². The Morgan fingerprint density at radius 3 is 2.50 bits per heavy atom. The highest BCUT2D eigenvalue weighted by atomic mass is 35.5. The van der Waals surface area contributed by atoms with Crippen LogP contribution in [-0.4, -0.2) is 5.11 Å². The molecule has 0 aliphatic rings. The van der Waals surface area contributed by atoms with Crippen LogP contribution in [0.1, 0.15) is 37.3 Å². The van der Waals surface area contributed by atoms with E-state index in [-0.39, 0.29) is 5.75 Å². The molecule has 0 bridgehead atoms. The first-order valence-electron chi connectivity index (χ1n) is 6.91. The van der Waals surface area contributed by atoms with E-state index in [1.54, 1.807) is 18.2 Å². The van der Waals surface area contributed by atoms with Crippen LogP contribution in [0.5, 0.6) is 5.75 Å². The van der Waals surface area contributed by atoms with Crippen LogP contribution in [0, 0.1) is 0 Å². The summed E-state index contributed by atoms with van der Waals surface area (Å²) in [4.78, 5) is 0. The Morgan fingerprint density at radius 2 is 1.85 bits per heavy atom.